The lowest BCUT2D eigenvalue weighted by atomic mass is 10.0. The predicted molar refractivity (Wildman–Crippen MR) is 72.7 cm³/mol. The molecule has 3 rings (SSSR count). The van der Waals surface area contributed by atoms with Crippen molar-refractivity contribution in [2.24, 2.45) is 13.0 Å². The number of ether oxygens (including phenoxy) is 1. The number of hydrogen-bond acceptors (Lipinski definition) is 4. The van der Waals surface area contributed by atoms with E-state index in [2.05, 4.69) is 15.1 Å². The molecule has 0 spiro atoms. The Hall–Kier alpha value is -0.940. The minimum Gasteiger partial charge on any atom is -0.368 e. The Morgan fingerprint density at radius 2 is 2.21 bits per heavy atom. The largest absolute Gasteiger partial charge is 0.368 e. The molecule has 2 fully saturated rings. The molecule has 1 saturated carbocycles. The second kappa shape index (κ2) is 6.01. The molecule has 0 radical (unpaired) electrons. The highest BCUT2D eigenvalue weighted by atomic mass is 16.5. The molecular formula is C14H24N4O. The molecule has 1 aliphatic heterocycles. The first-order chi connectivity index (χ1) is 9.33. The highest BCUT2D eigenvalue weighted by Gasteiger charge is 2.26. The molecule has 2 aliphatic rings. The van der Waals surface area contributed by atoms with Crippen LogP contribution < -0.4 is 0 Å². The molecule has 106 valence electrons. The Morgan fingerprint density at radius 1 is 1.37 bits per heavy atom. The van der Waals surface area contributed by atoms with Gasteiger partial charge in [0.2, 0.25) is 0 Å². The van der Waals surface area contributed by atoms with Crippen molar-refractivity contribution < 1.29 is 4.74 Å². The van der Waals surface area contributed by atoms with Crippen molar-refractivity contribution in [3.63, 3.8) is 0 Å². The van der Waals surface area contributed by atoms with Gasteiger partial charge in [-0.2, -0.15) is 0 Å². The van der Waals surface area contributed by atoms with Gasteiger partial charge in [0.25, 0.3) is 0 Å². The van der Waals surface area contributed by atoms with E-state index in [0.717, 1.165) is 31.4 Å². The van der Waals surface area contributed by atoms with Crippen LogP contribution in [0, 0.1) is 5.92 Å². The van der Waals surface area contributed by atoms with E-state index in [0.29, 0.717) is 0 Å². The molecule has 0 amide bonds. The van der Waals surface area contributed by atoms with E-state index in [-0.39, 0.29) is 6.10 Å². The van der Waals surface area contributed by atoms with Crippen LogP contribution in [0.25, 0.3) is 0 Å². The summed E-state index contributed by atoms with van der Waals surface area (Å²) in [5, 5.41) is 8.12. The van der Waals surface area contributed by atoms with Gasteiger partial charge in [0.15, 0.2) is 5.82 Å². The van der Waals surface area contributed by atoms with E-state index in [1.807, 2.05) is 11.6 Å². The molecule has 19 heavy (non-hydrogen) atoms. The van der Waals surface area contributed by atoms with Gasteiger partial charge < -0.3 is 9.30 Å². The van der Waals surface area contributed by atoms with Gasteiger partial charge in [-0.3, -0.25) is 4.90 Å². The molecule has 1 aliphatic carbocycles. The molecule has 5 nitrogen and oxygen atoms in total. The van der Waals surface area contributed by atoms with Crippen LogP contribution in [0.4, 0.5) is 0 Å². The summed E-state index contributed by atoms with van der Waals surface area (Å²) in [6.45, 7) is 4.03. The van der Waals surface area contributed by atoms with Gasteiger partial charge in [0, 0.05) is 20.1 Å². The Labute approximate surface area is 114 Å². The fourth-order valence-corrected chi connectivity index (χ4v) is 3.31. The van der Waals surface area contributed by atoms with Crippen molar-refractivity contribution in [3.8, 4) is 0 Å². The number of nitrogens with zero attached hydrogens (tertiary/aromatic N) is 4. The summed E-state index contributed by atoms with van der Waals surface area (Å²) in [6.07, 6.45) is 8.95. The zero-order valence-corrected chi connectivity index (χ0v) is 11.8. The van der Waals surface area contributed by atoms with E-state index in [9.17, 15) is 0 Å². The maximum Gasteiger partial charge on any atom is 0.163 e. The average molecular weight is 264 g/mol. The number of rotatable bonds is 4. The van der Waals surface area contributed by atoms with E-state index in [1.54, 1.807) is 6.33 Å². The van der Waals surface area contributed by atoms with Crippen molar-refractivity contribution >= 4 is 0 Å². The summed E-state index contributed by atoms with van der Waals surface area (Å²) in [4.78, 5) is 2.53. The lowest BCUT2D eigenvalue weighted by molar-refractivity contribution is -0.0369. The molecule has 1 aromatic rings. The third-order valence-electron chi connectivity index (χ3n) is 4.51. The van der Waals surface area contributed by atoms with Crippen LogP contribution in [-0.4, -0.2) is 45.9 Å². The lowest BCUT2D eigenvalue weighted by Crippen LogP contribution is -2.40. The van der Waals surface area contributed by atoms with E-state index in [1.165, 1.54) is 38.6 Å². The lowest BCUT2D eigenvalue weighted by Gasteiger charge is -2.32. The van der Waals surface area contributed by atoms with E-state index >= 15 is 0 Å². The third kappa shape index (κ3) is 3.15. The zero-order chi connectivity index (χ0) is 13.1. The first kappa shape index (κ1) is 13.1. The third-order valence-corrected chi connectivity index (χ3v) is 4.51. The zero-order valence-electron chi connectivity index (χ0n) is 11.8. The Kier molecular flexibility index (Phi) is 4.13. The number of morpholine rings is 1. The van der Waals surface area contributed by atoms with E-state index < -0.39 is 0 Å². The van der Waals surface area contributed by atoms with Crippen molar-refractivity contribution in [1.29, 1.82) is 0 Å². The molecule has 0 unspecified atom stereocenters. The molecule has 1 atom stereocenters. The predicted octanol–water partition coefficient (Wildman–Crippen LogP) is 1.77. The first-order valence-corrected chi connectivity index (χ1v) is 7.51. The Morgan fingerprint density at radius 3 is 2.95 bits per heavy atom. The smallest absolute Gasteiger partial charge is 0.163 e. The van der Waals surface area contributed by atoms with Crippen LogP contribution in [0.15, 0.2) is 6.33 Å². The van der Waals surface area contributed by atoms with Crippen molar-refractivity contribution in [2.75, 3.05) is 26.2 Å². The van der Waals surface area contributed by atoms with Crippen molar-refractivity contribution in [1.82, 2.24) is 19.7 Å². The van der Waals surface area contributed by atoms with Gasteiger partial charge in [-0.15, -0.1) is 10.2 Å². The Bertz CT molecular complexity index is 400. The van der Waals surface area contributed by atoms with Crippen LogP contribution in [-0.2, 0) is 11.8 Å². The van der Waals surface area contributed by atoms with Crippen LogP contribution in [0.2, 0.25) is 0 Å². The molecule has 2 heterocycles. The summed E-state index contributed by atoms with van der Waals surface area (Å²) in [5.41, 5.74) is 0. The summed E-state index contributed by atoms with van der Waals surface area (Å²) in [7, 11) is 1.98. The minimum atomic E-state index is 0.0878. The van der Waals surface area contributed by atoms with Gasteiger partial charge in [-0.1, -0.05) is 25.7 Å². The topological polar surface area (TPSA) is 43.2 Å². The van der Waals surface area contributed by atoms with Gasteiger partial charge in [0.1, 0.15) is 12.4 Å². The summed E-state index contributed by atoms with van der Waals surface area (Å²) in [5.74, 6) is 1.92. The maximum absolute atomic E-state index is 5.84. The van der Waals surface area contributed by atoms with Gasteiger partial charge in [-0.05, 0) is 18.9 Å². The quantitative estimate of drug-likeness (QED) is 0.831. The fraction of sp³-hybridized carbons (Fsp3) is 0.857. The Balaban J connectivity index is 1.51. The normalized spacial score (nSPS) is 26.1. The number of hydrogen-bond donors (Lipinski definition) is 0. The van der Waals surface area contributed by atoms with Crippen LogP contribution >= 0.6 is 0 Å². The second-order valence-corrected chi connectivity index (χ2v) is 5.90. The molecule has 0 N–H and O–H groups in total. The van der Waals surface area contributed by atoms with Crippen molar-refractivity contribution in [3.05, 3.63) is 12.2 Å². The molecule has 1 aromatic heterocycles. The van der Waals surface area contributed by atoms with Crippen LogP contribution in [0.5, 0.6) is 0 Å². The number of aromatic nitrogens is 3. The fourth-order valence-electron chi connectivity index (χ4n) is 3.31. The molecule has 5 heteroatoms. The average Bonchev–Trinajstić information content (AvgIpc) is 3.08. The molecule has 0 bridgehead atoms. The molecular weight excluding hydrogens is 240 g/mol. The first-order valence-electron chi connectivity index (χ1n) is 7.51. The standard InChI is InChI=1S/C14H24N4O/c1-17-11-15-16-14(17)13-10-18(8-9-19-13)7-6-12-4-2-3-5-12/h11-13H,2-10H2,1H3/t13-/m1/s1. The second-order valence-electron chi connectivity index (χ2n) is 5.90. The van der Waals surface area contributed by atoms with Gasteiger partial charge >= 0.3 is 0 Å². The summed E-state index contributed by atoms with van der Waals surface area (Å²) in [6, 6.07) is 0. The molecule has 0 aromatic carbocycles. The monoisotopic (exact) mass is 264 g/mol. The highest BCUT2D eigenvalue weighted by molar-refractivity contribution is 4.94. The van der Waals surface area contributed by atoms with Crippen LogP contribution in [0.1, 0.15) is 44.0 Å². The van der Waals surface area contributed by atoms with Gasteiger partial charge in [0.05, 0.1) is 6.61 Å². The summed E-state index contributed by atoms with van der Waals surface area (Å²) >= 11 is 0. The van der Waals surface area contributed by atoms with Crippen LogP contribution in [0.3, 0.4) is 0 Å². The van der Waals surface area contributed by atoms with Gasteiger partial charge in [-0.25, -0.2) is 0 Å². The minimum absolute atomic E-state index is 0.0878. The summed E-state index contributed by atoms with van der Waals surface area (Å²) < 4.78 is 7.80. The number of aryl methyl sites for hydroxylation is 1. The SMILES string of the molecule is Cn1cnnc1[C@H]1CN(CCC2CCCC2)CCO1. The van der Waals surface area contributed by atoms with Crippen molar-refractivity contribution in [2.45, 2.75) is 38.2 Å². The highest BCUT2D eigenvalue weighted by Crippen LogP contribution is 2.28. The maximum atomic E-state index is 5.84. The molecule has 1 saturated heterocycles. The van der Waals surface area contributed by atoms with E-state index in [4.69, 9.17) is 4.74 Å².